The molecule has 35 heavy (non-hydrogen) atoms. The number of aromatic nitrogens is 3. The van der Waals surface area contributed by atoms with Crippen molar-refractivity contribution in [2.24, 2.45) is 11.8 Å². The fourth-order valence-electron chi connectivity index (χ4n) is 3.86. The van der Waals surface area contributed by atoms with Gasteiger partial charge < -0.3 is 20.8 Å². The van der Waals surface area contributed by atoms with E-state index in [1.54, 1.807) is 48.7 Å². The number of aromatic carboxylic acids is 1. The van der Waals surface area contributed by atoms with Crippen LogP contribution in [0.4, 0.5) is 0 Å². The van der Waals surface area contributed by atoms with E-state index in [9.17, 15) is 24.6 Å². The largest absolute Gasteiger partial charge is 0.478 e. The predicted octanol–water partition coefficient (Wildman–Crippen LogP) is 2.11. The smallest absolute Gasteiger partial charge is 0.337 e. The van der Waals surface area contributed by atoms with Crippen molar-refractivity contribution in [1.29, 1.82) is 0 Å². The number of amides is 2. The minimum absolute atomic E-state index is 0.0814. The maximum Gasteiger partial charge on any atom is 0.337 e. The van der Waals surface area contributed by atoms with E-state index in [1.165, 1.54) is 10.7 Å². The van der Waals surface area contributed by atoms with Gasteiger partial charge in [-0.15, -0.1) is 5.10 Å². The molecular weight excluding hydrogens is 474 g/mol. The standard InChI is InChI=1S/C24H24ClN5O5/c25-15-7-5-14(6-8-15)20(9-10-31)27-23(33)19-11-18(19)22(32)26-12-16-13-30(29-28-16)21-4-2-1-3-17(21)24(34)35/h1-8,13,18-20,31H,9-12H2,(H,26,32)(H,27,33)(H,34,35)/t18-,19+,20?/m0/s1. The summed E-state index contributed by atoms with van der Waals surface area (Å²) in [5.74, 6) is -2.48. The van der Waals surface area contributed by atoms with E-state index >= 15 is 0 Å². The van der Waals surface area contributed by atoms with Crippen LogP contribution < -0.4 is 10.6 Å². The number of rotatable bonds is 10. The molecule has 2 aromatic carbocycles. The lowest BCUT2D eigenvalue weighted by Gasteiger charge is -2.18. The fraction of sp³-hybridized carbons (Fsp3) is 0.292. The second kappa shape index (κ2) is 10.7. The third kappa shape index (κ3) is 5.84. The molecule has 0 aliphatic heterocycles. The van der Waals surface area contributed by atoms with E-state index < -0.39 is 17.8 Å². The highest BCUT2D eigenvalue weighted by Crippen LogP contribution is 2.39. The SMILES string of the molecule is O=C(O)c1ccccc1-n1cc(CNC(=O)[C@H]2C[C@H]2C(=O)NC(CCO)c2ccc(Cl)cc2)nn1. The molecule has 0 bridgehead atoms. The number of aliphatic hydroxyl groups is 1. The zero-order valence-corrected chi connectivity index (χ0v) is 19.4. The molecule has 1 aliphatic rings. The Morgan fingerprint density at radius 2 is 1.80 bits per heavy atom. The quantitative estimate of drug-likeness (QED) is 0.335. The molecule has 0 saturated heterocycles. The van der Waals surface area contributed by atoms with Gasteiger partial charge in [-0.2, -0.15) is 0 Å². The Morgan fingerprint density at radius 3 is 2.51 bits per heavy atom. The van der Waals surface area contributed by atoms with Gasteiger partial charge in [-0.3, -0.25) is 9.59 Å². The van der Waals surface area contributed by atoms with Crippen LogP contribution in [0.5, 0.6) is 0 Å². The highest BCUT2D eigenvalue weighted by atomic mass is 35.5. The van der Waals surface area contributed by atoms with Crippen LogP contribution in [-0.4, -0.2) is 49.6 Å². The summed E-state index contributed by atoms with van der Waals surface area (Å²) in [6.07, 6.45) is 2.32. The van der Waals surface area contributed by atoms with Crippen LogP contribution in [0.2, 0.25) is 5.02 Å². The van der Waals surface area contributed by atoms with Gasteiger partial charge in [0, 0.05) is 11.6 Å². The minimum Gasteiger partial charge on any atom is -0.478 e. The van der Waals surface area contributed by atoms with Crippen molar-refractivity contribution < 1.29 is 24.6 Å². The summed E-state index contributed by atoms with van der Waals surface area (Å²) in [7, 11) is 0. The molecule has 1 fully saturated rings. The van der Waals surface area contributed by atoms with Gasteiger partial charge in [0.05, 0.1) is 41.9 Å². The third-order valence-electron chi connectivity index (χ3n) is 5.84. The van der Waals surface area contributed by atoms with Crippen molar-refractivity contribution in [3.63, 3.8) is 0 Å². The molecule has 1 saturated carbocycles. The first-order chi connectivity index (χ1) is 16.9. The fourth-order valence-corrected chi connectivity index (χ4v) is 3.99. The molecule has 3 atom stereocenters. The molecule has 11 heteroatoms. The molecule has 1 aromatic heterocycles. The molecule has 182 valence electrons. The Balaban J connectivity index is 1.31. The Bertz CT molecular complexity index is 1230. The summed E-state index contributed by atoms with van der Waals surface area (Å²) < 4.78 is 1.34. The van der Waals surface area contributed by atoms with Gasteiger partial charge in [-0.1, -0.05) is 41.1 Å². The van der Waals surface area contributed by atoms with Crippen molar-refractivity contribution in [2.75, 3.05) is 6.61 Å². The molecule has 1 unspecified atom stereocenters. The van der Waals surface area contributed by atoms with E-state index in [1.807, 2.05) is 0 Å². The maximum absolute atomic E-state index is 12.7. The zero-order valence-electron chi connectivity index (χ0n) is 18.6. The molecular formula is C24H24ClN5O5. The van der Waals surface area contributed by atoms with Crippen molar-refractivity contribution in [3.05, 3.63) is 76.6 Å². The summed E-state index contributed by atoms with van der Waals surface area (Å²) in [5, 5.41) is 32.9. The second-order valence-corrected chi connectivity index (χ2v) is 8.70. The van der Waals surface area contributed by atoms with E-state index in [0.29, 0.717) is 29.2 Å². The van der Waals surface area contributed by atoms with Crippen LogP contribution in [0.3, 0.4) is 0 Å². The average Bonchev–Trinajstić information content (AvgIpc) is 3.53. The summed E-state index contributed by atoms with van der Waals surface area (Å²) in [6.45, 7) is -0.00337. The number of carbonyl (C=O) groups is 3. The number of aliphatic hydroxyl groups excluding tert-OH is 1. The van der Waals surface area contributed by atoms with E-state index in [2.05, 4.69) is 20.9 Å². The van der Waals surface area contributed by atoms with E-state index in [4.69, 9.17) is 11.6 Å². The number of para-hydroxylation sites is 1. The Morgan fingerprint density at radius 1 is 1.09 bits per heavy atom. The van der Waals surface area contributed by atoms with E-state index in [-0.39, 0.29) is 36.6 Å². The highest BCUT2D eigenvalue weighted by Gasteiger charge is 2.48. The number of carbonyl (C=O) groups excluding carboxylic acids is 2. The summed E-state index contributed by atoms with van der Waals surface area (Å²) in [4.78, 5) is 36.7. The molecule has 10 nitrogen and oxygen atoms in total. The minimum atomic E-state index is -1.08. The molecule has 2 amide bonds. The van der Waals surface area contributed by atoms with Crippen LogP contribution in [0, 0.1) is 11.8 Å². The lowest BCUT2D eigenvalue weighted by Crippen LogP contribution is -2.33. The number of nitrogens with one attached hydrogen (secondary N) is 2. The molecule has 1 heterocycles. The van der Waals surface area contributed by atoms with Crippen LogP contribution in [0.1, 0.15) is 40.5 Å². The number of carboxylic acids is 1. The molecule has 0 spiro atoms. The molecule has 3 aromatic rings. The van der Waals surface area contributed by atoms with Gasteiger partial charge in [0.25, 0.3) is 0 Å². The molecule has 4 N–H and O–H groups in total. The van der Waals surface area contributed by atoms with Gasteiger partial charge in [0.15, 0.2) is 0 Å². The number of carboxylic acid groups (broad SMARTS) is 1. The lowest BCUT2D eigenvalue weighted by atomic mass is 10.0. The lowest BCUT2D eigenvalue weighted by molar-refractivity contribution is -0.127. The van der Waals surface area contributed by atoms with Crippen molar-refractivity contribution >= 4 is 29.4 Å². The highest BCUT2D eigenvalue weighted by molar-refractivity contribution is 6.30. The van der Waals surface area contributed by atoms with Gasteiger partial charge in [0.1, 0.15) is 5.69 Å². The number of nitrogens with zero attached hydrogens (tertiary/aromatic N) is 3. The Hall–Kier alpha value is -3.76. The third-order valence-corrected chi connectivity index (χ3v) is 6.09. The van der Waals surface area contributed by atoms with Crippen LogP contribution in [0.25, 0.3) is 5.69 Å². The molecule has 4 rings (SSSR count). The van der Waals surface area contributed by atoms with Gasteiger partial charge >= 0.3 is 5.97 Å². The Kier molecular flexibility index (Phi) is 7.42. The molecule has 0 radical (unpaired) electrons. The normalized spacial score (nSPS) is 17.4. The summed E-state index contributed by atoms with van der Waals surface area (Å²) in [6, 6.07) is 13.0. The predicted molar refractivity (Wildman–Crippen MR) is 126 cm³/mol. The second-order valence-electron chi connectivity index (χ2n) is 8.27. The van der Waals surface area contributed by atoms with E-state index in [0.717, 1.165) is 5.56 Å². The number of hydrogen-bond acceptors (Lipinski definition) is 6. The maximum atomic E-state index is 12.7. The van der Waals surface area contributed by atoms with Gasteiger partial charge in [-0.25, -0.2) is 9.48 Å². The monoisotopic (exact) mass is 497 g/mol. The van der Waals surface area contributed by atoms with Crippen molar-refractivity contribution in [1.82, 2.24) is 25.6 Å². The molecule has 1 aliphatic carbocycles. The average molecular weight is 498 g/mol. The summed E-state index contributed by atoms with van der Waals surface area (Å²) >= 11 is 5.93. The first-order valence-corrected chi connectivity index (χ1v) is 11.4. The summed E-state index contributed by atoms with van der Waals surface area (Å²) in [5.41, 5.74) is 1.72. The number of hydrogen-bond donors (Lipinski definition) is 4. The number of benzene rings is 2. The zero-order chi connectivity index (χ0) is 24.9. The van der Waals surface area contributed by atoms with Crippen LogP contribution >= 0.6 is 11.6 Å². The van der Waals surface area contributed by atoms with Crippen LogP contribution in [0.15, 0.2) is 54.7 Å². The topological polar surface area (TPSA) is 146 Å². The number of halogens is 1. The first-order valence-electron chi connectivity index (χ1n) is 11.1. The Labute approximate surface area is 205 Å². The van der Waals surface area contributed by atoms with Gasteiger partial charge in [0.2, 0.25) is 11.8 Å². The van der Waals surface area contributed by atoms with Crippen LogP contribution in [-0.2, 0) is 16.1 Å². The van der Waals surface area contributed by atoms with Crippen molar-refractivity contribution in [3.8, 4) is 5.69 Å². The first kappa shape index (κ1) is 24.4. The van der Waals surface area contributed by atoms with Crippen molar-refractivity contribution in [2.45, 2.75) is 25.4 Å². The van der Waals surface area contributed by atoms with Gasteiger partial charge in [-0.05, 0) is 42.7 Å².